The highest BCUT2D eigenvalue weighted by Gasteiger charge is 2.25. The fraction of sp³-hybridized carbons (Fsp3) is 0.160. The number of rotatable bonds is 7. The number of aromatic nitrogens is 6. The van der Waals surface area contributed by atoms with Crippen molar-refractivity contribution in [3.63, 3.8) is 0 Å². The minimum atomic E-state index is -0.670. The molecular weight excluding hydrogens is 466 g/mol. The predicted molar refractivity (Wildman–Crippen MR) is 129 cm³/mol. The number of nitrogens with one attached hydrogen (secondary N) is 2. The van der Waals surface area contributed by atoms with Crippen LogP contribution in [0.4, 0.5) is 14.5 Å². The number of carbonyl (C=O) groups excluding carboxylic acids is 1. The Hall–Kier alpha value is -4.67. The van der Waals surface area contributed by atoms with Crippen molar-refractivity contribution in [2.45, 2.75) is 25.4 Å². The summed E-state index contributed by atoms with van der Waals surface area (Å²) in [5, 5.41) is 7.72. The Balaban J connectivity index is 1.39. The average molecular weight is 486 g/mol. The molecule has 5 aromatic rings. The number of anilines is 1. The molecule has 0 atom stereocenters. The number of fused-ring (bicyclic) bond motifs is 1. The van der Waals surface area contributed by atoms with Crippen LogP contribution in [0.15, 0.2) is 54.9 Å². The quantitative estimate of drug-likeness (QED) is 0.316. The van der Waals surface area contributed by atoms with Crippen molar-refractivity contribution >= 4 is 22.6 Å². The lowest BCUT2D eigenvalue weighted by atomic mass is 10.1. The van der Waals surface area contributed by atoms with Crippen molar-refractivity contribution in [2.75, 3.05) is 5.32 Å². The summed E-state index contributed by atoms with van der Waals surface area (Å²) in [5.41, 5.74) is 9.58. The molecule has 0 saturated heterocycles. The van der Waals surface area contributed by atoms with Crippen LogP contribution < -0.4 is 11.1 Å². The Kier molecular flexibility index (Phi) is 5.17. The minimum Gasteiger partial charge on any atom is -0.378 e. The summed E-state index contributed by atoms with van der Waals surface area (Å²) in [6, 6.07) is 11.0. The van der Waals surface area contributed by atoms with E-state index in [1.165, 1.54) is 18.3 Å². The molecule has 36 heavy (non-hydrogen) atoms. The molecule has 0 aliphatic heterocycles. The van der Waals surface area contributed by atoms with Gasteiger partial charge in [-0.2, -0.15) is 5.10 Å². The summed E-state index contributed by atoms with van der Waals surface area (Å²) < 4.78 is 29.1. The fourth-order valence-electron chi connectivity index (χ4n) is 4.03. The van der Waals surface area contributed by atoms with Crippen LogP contribution in [0.5, 0.6) is 0 Å². The molecule has 0 spiro atoms. The normalized spacial score (nSPS) is 13.3. The van der Waals surface area contributed by atoms with Crippen LogP contribution in [0.3, 0.4) is 0 Å². The van der Waals surface area contributed by atoms with E-state index >= 15 is 0 Å². The molecule has 4 N–H and O–H groups in total. The van der Waals surface area contributed by atoms with Crippen LogP contribution in [-0.4, -0.2) is 35.6 Å². The molecule has 3 aromatic heterocycles. The number of hydrogen-bond donors (Lipinski definition) is 3. The van der Waals surface area contributed by atoms with Gasteiger partial charge >= 0.3 is 0 Å². The molecule has 180 valence electrons. The highest BCUT2D eigenvalue weighted by Crippen LogP contribution is 2.36. The van der Waals surface area contributed by atoms with E-state index in [0.717, 1.165) is 24.5 Å². The highest BCUT2D eigenvalue weighted by atomic mass is 19.1. The number of amides is 1. The molecule has 9 nitrogen and oxygen atoms in total. The van der Waals surface area contributed by atoms with Crippen LogP contribution in [0.1, 0.15) is 35.2 Å². The summed E-state index contributed by atoms with van der Waals surface area (Å²) in [7, 11) is 0. The third-order valence-corrected chi connectivity index (χ3v) is 5.93. The number of carbonyl (C=O) groups is 1. The number of hydrogen-bond acceptors (Lipinski definition) is 6. The Labute approximate surface area is 203 Å². The van der Waals surface area contributed by atoms with Gasteiger partial charge in [-0.3, -0.25) is 14.5 Å². The van der Waals surface area contributed by atoms with Gasteiger partial charge in [-0.1, -0.05) is 6.07 Å². The molecule has 0 radical (unpaired) electrons. The van der Waals surface area contributed by atoms with Gasteiger partial charge in [0.05, 0.1) is 41.2 Å². The Morgan fingerprint density at radius 1 is 1.08 bits per heavy atom. The smallest absolute Gasteiger partial charge is 0.268 e. The van der Waals surface area contributed by atoms with Gasteiger partial charge in [0.1, 0.15) is 28.8 Å². The molecule has 1 saturated carbocycles. The van der Waals surface area contributed by atoms with Gasteiger partial charge in [0.15, 0.2) is 0 Å². The van der Waals surface area contributed by atoms with Gasteiger partial charge in [-0.05, 0) is 43.2 Å². The predicted octanol–water partition coefficient (Wildman–Crippen LogP) is 4.21. The summed E-state index contributed by atoms with van der Waals surface area (Å²) in [6.45, 7) is 0.193. The lowest BCUT2D eigenvalue weighted by Crippen LogP contribution is -2.13. The number of nitrogens with zero attached hydrogens (tertiary/aromatic N) is 5. The monoisotopic (exact) mass is 486 g/mol. The second-order valence-corrected chi connectivity index (χ2v) is 8.65. The molecular formula is C25H20F2N8O. The number of primary amides is 1. The number of benzene rings is 2. The molecule has 11 heteroatoms. The lowest BCUT2D eigenvalue weighted by molar-refractivity contribution is 0.0995. The van der Waals surface area contributed by atoms with E-state index in [4.69, 9.17) is 15.8 Å². The maximum absolute atomic E-state index is 13.6. The number of imidazole rings is 1. The lowest BCUT2D eigenvalue weighted by Gasteiger charge is -2.04. The first-order chi connectivity index (χ1) is 17.4. The zero-order chi connectivity index (χ0) is 24.8. The first-order valence-electron chi connectivity index (χ1n) is 11.3. The van der Waals surface area contributed by atoms with E-state index in [9.17, 15) is 13.6 Å². The third kappa shape index (κ3) is 4.26. The number of H-pyrrole nitrogens is 1. The molecule has 2 aromatic carbocycles. The summed E-state index contributed by atoms with van der Waals surface area (Å²) >= 11 is 0. The highest BCUT2D eigenvalue weighted by molar-refractivity contribution is 5.93. The van der Waals surface area contributed by atoms with Crippen molar-refractivity contribution in [3.8, 4) is 22.6 Å². The van der Waals surface area contributed by atoms with Crippen LogP contribution in [0.25, 0.3) is 33.7 Å². The third-order valence-electron chi connectivity index (χ3n) is 5.93. The molecule has 0 bridgehead atoms. The second kappa shape index (κ2) is 8.52. The first-order valence-corrected chi connectivity index (χ1v) is 11.3. The zero-order valence-electron chi connectivity index (χ0n) is 18.9. The number of aromatic amines is 1. The Morgan fingerprint density at radius 2 is 1.89 bits per heavy atom. The standard InChI is InChI=1S/C25H20F2N8O/c26-14-8-15(27)10-16(9-14)29-12-22-32-23(24(33-22)19-5-6-35(34-19)17-2-3-17)13-1-4-18-20(7-13)31-21(11-30-18)25(28)36/h1,4-11,17,29H,2-3,12H2,(H2,28,36)(H,32,33). The summed E-state index contributed by atoms with van der Waals surface area (Å²) in [5.74, 6) is -1.46. The molecule has 1 amide bonds. The van der Waals surface area contributed by atoms with E-state index in [0.29, 0.717) is 45.7 Å². The van der Waals surface area contributed by atoms with Crippen LogP contribution in [-0.2, 0) is 6.54 Å². The maximum Gasteiger partial charge on any atom is 0.268 e. The van der Waals surface area contributed by atoms with E-state index < -0.39 is 17.5 Å². The number of halogens is 2. The van der Waals surface area contributed by atoms with Gasteiger partial charge in [-0.15, -0.1) is 0 Å². The molecule has 1 aliphatic carbocycles. The van der Waals surface area contributed by atoms with Gasteiger partial charge in [-0.25, -0.2) is 18.7 Å². The van der Waals surface area contributed by atoms with Crippen molar-refractivity contribution in [2.24, 2.45) is 5.73 Å². The average Bonchev–Trinajstić information content (AvgIpc) is 3.43. The number of nitrogens with two attached hydrogens (primary N) is 1. The molecule has 3 heterocycles. The van der Waals surface area contributed by atoms with Crippen molar-refractivity contribution in [1.82, 2.24) is 29.7 Å². The van der Waals surface area contributed by atoms with Crippen molar-refractivity contribution in [3.05, 3.63) is 78.0 Å². The Bertz CT molecular complexity index is 1600. The topological polar surface area (TPSA) is 127 Å². The van der Waals surface area contributed by atoms with Gasteiger partial charge in [0, 0.05) is 23.5 Å². The fourth-order valence-corrected chi connectivity index (χ4v) is 4.03. The van der Waals surface area contributed by atoms with E-state index in [1.54, 1.807) is 12.1 Å². The summed E-state index contributed by atoms with van der Waals surface area (Å²) in [6.07, 6.45) is 5.48. The molecule has 0 unspecified atom stereocenters. The maximum atomic E-state index is 13.6. The largest absolute Gasteiger partial charge is 0.378 e. The summed E-state index contributed by atoms with van der Waals surface area (Å²) in [4.78, 5) is 28.2. The van der Waals surface area contributed by atoms with Crippen LogP contribution >= 0.6 is 0 Å². The van der Waals surface area contributed by atoms with E-state index in [-0.39, 0.29) is 12.2 Å². The van der Waals surface area contributed by atoms with Crippen LogP contribution in [0.2, 0.25) is 0 Å². The van der Waals surface area contributed by atoms with E-state index in [1.807, 2.05) is 23.0 Å². The van der Waals surface area contributed by atoms with Crippen LogP contribution in [0, 0.1) is 11.6 Å². The molecule has 6 rings (SSSR count). The van der Waals surface area contributed by atoms with E-state index in [2.05, 4.69) is 20.3 Å². The van der Waals surface area contributed by atoms with Gasteiger partial charge in [0.2, 0.25) is 0 Å². The SMILES string of the molecule is NC(=O)c1cnc2ccc(-c3nc(CNc4cc(F)cc(F)c4)[nH]c3-c3ccn(C4CC4)n3)cc2n1. The second-order valence-electron chi connectivity index (χ2n) is 8.65. The Morgan fingerprint density at radius 3 is 2.64 bits per heavy atom. The van der Waals surface area contributed by atoms with Gasteiger partial charge in [0.25, 0.3) is 5.91 Å². The zero-order valence-corrected chi connectivity index (χ0v) is 18.9. The molecule has 1 fully saturated rings. The van der Waals surface area contributed by atoms with Gasteiger partial charge < -0.3 is 16.0 Å². The first kappa shape index (κ1) is 21.8. The van der Waals surface area contributed by atoms with Crippen molar-refractivity contribution < 1.29 is 13.6 Å². The van der Waals surface area contributed by atoms with Crippen molar-refractivity contribution in [1.29, 1.82) is 0 Å². The molecule has 1 aliphatic rings. The minimum absolute atomic E-state index is 0.0669.